The Morgan fingerprint density at radius 2 is 1.69 bits per heavy atom. The van der Waals surface area contributed by atoms with E-state index < -0.39 is 0 Å². The highest BCUT2D eigenvalue weighted by atomic mass is 79.9. The van der Waals surface area contributed by atoms with Gasteiger partial charge >= 0.3 is 0 Å². The van der Waals surface area contributed by atoms with Gasteiger partial charge in [0, 0.05) is 62.7 Å². The molecule has 0 atom stereocenters. The summed E-state index contributed by atoms with van der Waals surface area (Å²) < 4.78 is 0.967. The number of H-pyrrole nitrogens is 1. The molecule has 0 fully saturated rings. The highest BCUT2D eigenvalue weighted by Crippen LogP contribution is 2.32. The molecule has 6 rings (SSSR count). The fourth-order valence-corrected chi connectivity index (χ4v) is 5.68. The fraction of sp³-hybridized carbons (Fsp3) is 0.135. The van der Waals surface area contributed by atoms with Gasteiger partial charge in [-0.3, -0.25) is 4.79 Å². The van der Waals surface area contributed by atoms with Crippen LogP contribution < -0.4 is 16.4 Å². The lowest BCUT2D eigenvalue weighted by molar-refractivity contribution is 0.0952. The molecule has 6 nitrogen and oxygen atoms in total. The lowest BCUT2D eigenvalue weighted by Crippen LogP contribution is -2.23. The largest absolute Gasteiger partial charge is 0.360 e. The second-order valence-corrected chi connectivity index (χ2v) is 12.1. The number of rotatable bonds is 9. The van der Waals surface area contributed by atoms with E-state index in [2.05, 4.69) is 49.5 Å². The Hall–Kier alpha value is -4.45. The van der Waals surface area contributed by atoms with Gasteiger partial charge in [0.05, 0.1) is 23.3 Å². The van der Waals surface area contributed by atoms with Gasteiger partial charge in [0.15, 0.2) is 0 Å². The van der Waals surface area contributed by atoms with Crippen LogP contribution in [0.25, 0.3) is 33.1 Å². The first-order valence-corrected chi connectivity index (χ1v) is 15.9. The van der Waals surface area contributed by atoms with Gasteiger partial charge in [0.25, 0.3) is 5.91 Å². The second-order valence-electron chi connectivity index (χ2n) is 10.7. The van der Waals surface area contributed by atoms with Gasteiger partial charge in [-0.05, 0) is 71.6 Å². The summed E-state index contributed by atoms with van der Waals surface area (Å²) in [5, 5.41) is 8.99. The second kappa shape index (κ2) is 14.1. The molecule has 0 aliphatic carbocycles. The molecule has 4 aromatic carbocycles. The highest BCUT2D eigenvalue weighted by Gasteiger charge is 2.17. The fourth-order valence-electron chi connectivity index (χ4n) is 5.19. The molecule has 0 saturated carbocycles. The van der Waals surface area contributed by atoms with Gasteiger partial charge < -0.3 is 21.4 Å². The molecular formula is C37H31BrClN5O. The van der Waals surface area contributed by atoms with Crippen molar-refractivity contribution in [1.82, 2.24) is 20.6 Å². The van der Waals surface area contributed by atoms with Crippen LogP contribution in [0.5, 0.6) is 0 Å². The van der Waals surface area contributed by atoms with Gasteiger partial charge in [-0.25, -0.2) is 4.98 Å². The Labute approximate surface area is 275 Å². The standard InChI is InChI=1S/C37H31BrClN5O/c38-28-10-14-34-31(19-28)33(23-42-34)36-20-32(37(45)43-22-27-5-3-26(21-40)4-6-27)30-13-9-25(18-35(30)44-36)2-1-16-41-17-15-24-7-11-29(39)12-8-24/h3-14,18-20,23,41-42H,15-17,21-22,40H2,(H,43,45). The maximum Gasteiger partial charge on any atom is 0.252 e. The highest BCUT2D eigenvalue weighted by molar-refractivity contribution is 9.10. The summed E-state index contributed by atoms with van der Waals surface area (Å²) in [4.78, 5) is 22.0. The SMILES string of the molecule is NCc1ccc(CNC(=O)c2cc(-c3c[nH]c4ccc(Br)cc34)nc3cc(C#CCNCCc4ccc(Cl)cc4)ccc23)cc1. The summed E-state index contributed by atoms with van der Waals surface area (Å²) in [5.41, 5.74) is 13.7. The van der Waals surface area contributed by atoms with Crippen molar-refractivity contribution in [3.63, 3.8) is 0 Å². The number of amides is 1. The minimum atomic E-state index is -0.170. The number of nitrogens with two attached hydrogens (primary N) is 1. The van der Waals surface area contributed by atoms with Gasteiger partial charge in [-0.1, -0.05) is 81.8 Å². The molecule has 0 unspecified atom stereocenters. The molecule has 2 heterocycles. The molecule has 0 radical (unpaired) electrons. The van der Waals surface area contributed by atoms with Crippen LogP contribution in [-0.4, -0.2) is 29.0 Å². The number of pyridine rings is 1. The number of hydrogen-bond donors (Lipinski definition) is 4. The van der Waals surface area contributed by atoms with Crippen LogP contribution >= 0.6 is 27.5 Å². The summed E-state index contributed by atoms with van der Waals surface area (Å²) in [6.07, 6.45) is 2.83. The topological polar surface area (TPSA) is 95.8 Å². The van der Waals surface area contributed by atoms with Crippen molar-refractivity contribution in [2.45, 2.75) is 19.5 Å². The number of aromatic nitrogens is 2. The zero-order valence-electron chi connectivity index (χ0n) is 24.5. The summed E-state index contributed by atoms with van der Waals surface area (Å²) >= 11 is 9.56. The molecule has 0 spiro atoms. The molecule has 8 heteroatoms. The van der Waals surface area contributed by atoms with E-state index in [1.165, 1.54) is 5.56 Å². The van der Waals surface area contributed by atoms with E-state index >= 15 is 0 Å². The first-order chi connectivity index (χ1) is 22.0. The van der Waals surface area contributed by atoms with Crippen molar-refractivity contribution in [2.75, 3.05) is 13.1 Å². The van der Waals surface area contributed by atoms with Gasteiger partial charge in [0.1, 0.15) is 0 Å². The molecule has 45 heavy (non-hydrogen) atoms. The van der Waals surface area contributed by atoms with Crippen LogP contribution in [0.2, 0.25) is 5.02 Å². The number of fused-ring (bicyclic) bond motifs is 2. The minimum Gasteiger partial charge on any atom is -0.360 e. The van der Waals surface area contributed by atoms with E-state index in [-0.39, 0.29) is 5.91 Å². The van der Waals surface area contributed by atoms with E-state index in [1.807, 2.05) is 91.1 Å². The Balaban J connectivity index is 1.26. The molecule has 0 aliphatic heterocycles. The number of carbonyl (C=O) groups is 1. The van der Waals surface area contributed by atoms with Crippen molar-refractivity contribution in [3.8, 4) is 23.1 Å². The molecule has 5 N–H and O–H groups in total. The average Bonchev–Trinajstić information content (AvgIpc) is 3.48. The van der Waals surface area contributed by atoms with E-state index in [0.717, 1.165) is 61.0 Å². The van der Waals surface area contributed by atoms with Crippen molar-refractivity contribution in [2.24, 2.45) is 5.73 Å². The number of nitrogens with zero attached hydrogens (tertiary/aromatic N) is 1. The van der Waals surface area contributed by atoms with Gasteiger partial charge in [-0.2, -0.15) is 0 Å². The number of halogens is 2. The van der Waals surface area contributed by atoms with Crippen LogP contribution in [0.3, 0.4) is 0 Å². The average molecular weight is 677 g/mol. The van der Waals surface area contributed by atoms with Crippen LogP contribution in [0.15, 0.2) is 102 Å². The first kappa shape index (κ1) is 30.6. The Kier molecular flexibility index (Phi) is 9.58. The zero-order chi connectivity index (χ0) is 31.2. The van der Waals surface area contributed by atoms with E-state index in [0.29, 0.717) is 36.4 Å². The third-order valence-electron chi connectivity index (χ3n) is 7.64. The molecule has 6 aromatic rings. The predicted molar refractivity (Wildman–Crippen MR) is 187 cm³/mol. The normalized spacial score (nSPS) is 11.0. The van der Waals surface area contributed by atoms with E-state index in [9.17, 15) is 4.79 Å². The maximum atomic E-state index is 13.7. The van der Waals surface area contributed by atoms with Crippen molar-refractivity contribution >= 4 is 55.2 Å². The Bertz CT molecular complexity index is 2040. The predicted octanol–water partition coefficient (Wildman–Crippen LogP) is 7.37. The van der Waals surface area contributed by atoms with Gasteiger partial charge in [-0.15, -0.1) is 0 Å². The molecule has 0 bridgehead atoms. The number of nitrogens with one attached hydrogen (secondary N) is 3. The van der Waals surface area contributed by atoms with Crippen molar-refractivity contribution < 1.29 is 4.79 Å². The first-order valence-electron chi connectivity index (χ1n) is 14.7. The van der Waals surface area contributed by atoms with Crippen LogP contribution in [-0.2, 0) is 19.5 Å². The lowest BCUT2D eigenvalue weighted by atomic mass is 10.0. The number of aromatic amines is 1. The van der Waals surface area contributed by atoms with Crippen LogP contribution in [0, 0.1) is 11.8 Å². The quantitative estimate of drug-likeness (QED) is 0.0950. The molecule has 0 saturated heterocycles. The molecule has 2 aromatic heterocycles. The third-order valence-corrected chi connectivity index (χ3v) is 8.38. The summed E-state index contributed by atoms with van der Waals surface area (Å²) in [6, 6.07) is 29.6. The summed E-state index contributed by atoms with van der Waals surface area (Å²) in [7, 11) is 0. The van der Waals surface area contributed by atoms with Gasteiger partial charge in [0.2, 0.25) is 0 Å². The molecule has 224 valence electrons. The third kappa shape index (κ3) is 7.44. The van der Waals surface area contributed by atoms with Crippen LogP contribution in [0.4, 0.5) is 0 Å². The van der Waals surface area contributed by atoms with Crippen molar-refractivity contribution in [3.05, 3.63) is 135 Å². The molecule has 1 amide bonds. The Morgan fingerprint density at radius 3 is 2.49 bits per heavy atom. The van der Waals surface area contributed by atoms with E-state index in [4.69, 9.17) is 22.3 Å². The molecule has 0 aliphatic rings. The number of hydrogen-bond acceptors (Lipinski definition) is 4. The smallest absolute Gasteiger partial charge is 0.252 e. The van der Waals surface area contributed by atoms with Crippen LogP contribution in [0.1, 0.15) is 32.6 Å². The summed E-state index contributed by atoms with van der Waals surface area (Å²) in [6.45, 7) is 2.26. The zero-order valence-corrected chi connectivity index (χ0v) is 26.8. The molecular weight excluding hydrogens is 646 g/mol. The number of carbonyl (C=O) groups excluding carboxylic acids is 1. The maximum absolute atomic E-state index is 13.7. The lowest BCUT2D eigenvalue weighted by Gasteiger charge is -2.11. The summed E-state index contributed by atoms with van der Waals surface area (Å²) in [5.74, 6) is 6.29. The minimum absolute atomic E-state index is 0.170. The Morgan fingerprint density at radius 1 is 0.911 bits per heavy atom. The number of benzene rings is 4. The van der Waals surface area contributed by atoms with Crippen molar-refractivity contribution in [1.29, 1.82) is 0 Å². The monoisotopic (exact) mass is 675 g/mol. The van der Waals surface area contributed by atoms with E-state index in [1.54, 1.807) is 0 Å².